The summed E-state index contributed by atoms with van der Waals surface area (Å²) in [4.78, 5) is 38.8. The number of carbonyl (C=O) groups excluding carboxylic acids is 3. The maximum Gasteiger partial charge on any atom is 0.325 e. The molecule has 2 N–H and O–H groups in total. The molecule has 0 unspecified atom stereocenters. The topological polar surface area (TPSA) is 78.5 Å². The Kier molecular flexibility index (Phi) is 7.61. The monoisotopic (exact) mass is 387 g/mol. The summed E-state index contributed by atoms with van der Waals surface area (Å²) >= 11 is 0. The lowest BCUT2D eigenvalue weighted by Crippen LogP contribution is -2.44. The van der Waals surface area contributed by atoms with Crippen molar-refractivity contribution in [3.8, 4) is 0 Å². The van der Waals surface area contributed by atoms with E-state index in [1.54, 1.807) is 6.92 Å². The van der Waals surface area contributed by atoms with Crippen molar-refractivity contribution in [1.82, 2.24) is 10.2 Å². The molecular formula is C22H33N3O3. The van der Waals surface area contributed by atoms with Crippen LogP contribution in [-0.4, -0.2) is 34.8 Å². The summed E-state index contributed by atoms with van der Waals surface area (Å²) in [6, 6.07) is 5.46. The van der Waals surface area contributed by atoms with Gasteiger partial charge in [0.2, 0.25) is 5.91 Å². The second kappa shape index (κ2) is 9.71. The van der Waals surface area contributed by atoms with Crippen molar-refractivity contribution in [2.45, 2.75) is 78.2 Å². The molecule has 0 saturated carbocycles. The van der Waals surface area contributed by atoms with Crippen LogP contribution in [0, 0.1) is 0 Å². The highest BCUT2D eigenvalue weighted by atomic mass is 16.2. The van der Waals surface area contributed by atoms with Gasteiger partial charge in [0.1, 0.15) is 12.1 Å². The van der Waals surface area contributed by atoms with Crippen LogP contribution in [0.4, 0.5) is 10.5 Å². The highest BCUT2D eigenvalue weighted by Gasteiger charge is 2.47. The van der Waals surface area contributed by atoms with Gasteiger partial charge in [-0.3, -0.25) is 14.5 Å². The van der Waals surface area contributed by atoms with E-state index in [0.717, 1.165) is 60.2 Å². The average molecular weight is 388 g/mol. The number of amides is 4. The first kappa shape index (κ1) is 21.9. The van der Waals surface area contributed by atoms with Gasteiger partial charge in [0.05, 0.1) is 0 Å². The summed E-state index contributed by atoms with van der Waals surface area (Å²) in [5, 5.41) is 5.70. The number of aryl methyl sites for hydroxylation is 2. The molecule has 0 bridgehead atoms. The maximum atomic E-state index is 12.8. The van der Waals surface area contributed by atoms with E-state index in [0.29, 0.717) is 6.42 Å². The minimum absolute atomic E-state index is 0.267. The Morgan fingerprint density at radius 3 is 2.29 bits per heavy atom. The molecule has 1 saturated heterocycles. The van der Waals surface area contributed by atoms with Crippen LogP contribution in [0.15, 0.2) is 18.2 Å². The number of urea groups is 1. The molecule has 1 aliphatic heterocycles. The molecule has 4 amide bonds. The lowest BCUT2D eigenvalue weighted by atomic mass is 9.94. The molecule has 0 radical (unpaired) electrons. The van der Waals surface area contributed by atoms with Gasteiger partial charge in [0.15, 0.2) is 0 Å². The van der Waals surface area contributed by atoms with Crippen molar-refractivity contribution in [3.05, 3.63) is 29.3 Å². The standard InChI is InChI=1S/C22H33N3O3/c1-5-8-9-10-14-22(4)20(27)25(21(28)24-22)15-18(26)23-19-16(6-2)12-11-13-17(19)7-3/h11-13H,5-10,14-15H2,1-4H3,(H,23,26)(H,24,28)/t22-/m0/s1. The number of imide groups is 1. The molecule has 0 aromatic heterocycles. The number of unbranched alkanes of at least 4 members (excludes halogenated alkanes) is 3. The Hall–Kier alpha value is -2.37. The predicted molar refractivity (Wildman–Crippen MR) is 111 cm³/mol. The number of hydrogen-bond acceptors (Lipinski definition) is 3. The van der Waals surface area contributed by atoms with Crippen molar-refractivity contribution in [3.63, 3.8) is 0 Å². The van der Waals surface area contributed by atoms with Crippen molar-refractivity contribution in [2.24, 2.45) is 0 Å². The minimum atomic E-state index is -0.916. The van der Waals surface area contributed by atoms with E-state index in [2.05, 4.69) is 17.6 Å². The Balaban J connectivity index is 2.04. The van der Waals surface area contributed by atoms with Crippen molar-refractivity contribution >= 4 is 23.5 Å². The molecule has 1 aromatic carbocycles. The fourth-order valence-electron chi connectivity index (χ4n) is 3.69. The van der Waals surface area contributed by atoms with Crippen LogP contribution in [0.1, 0.15) is 70.9 Å². The summed E-state index contributed by atoms with van der Waals surface area (Å²) < 4.78 is 0. The van der Waals surface area contributed by atoms with Gasteiger partial charge in [0, 0.05) is 5.69 Å². The van der Waals surface area contributed by atoms with E-state index in [1.807, 2.05) is 32.0 Å². The SMILES string of the molecule is CCCCCC[C@]1(C)NC(=O)N(CC(=O)Nc2c(CC)cccc2CC)C1=O. The van der Waals surface area contributed by atoms with Crippen molar-refractivity contribution in [2.75, 3.05) is 11.9 Å². The predicted octanol–water partition coefficient (Wildman–Crippen LogP) is 4.03. The molecule has 0 aliphatic carbocycles. The zero-order chi connectivity index (χ0) is 20.7. The first-order chi connectivity index (χ1) is 13.4. The van der Waals surface area contributed by atoms with E-state index < -0.39 is 11.6 Å². The van der Waals surface area contributed by atoms with E-state index in [9.17, 15) is 14.4 Å². The third kappa shape index (κ3) is 4.91. The smallest absolute Gasteiger partial charge is 0.324 e. The molecule has 6 heteroatoms. The number of nitrogens with one attached hydrogen (secondary N) is 2. The first-order valence-electron chi connectivity index (χ1n) is 10.4. The summed E-state index contributed by atoms with van der Waals surface area (Å²) in [6.45, 7) is 7.68. The van der Waals surface area contributed by atoms with Crippen molar-refractivity contribution in [1.29, 1.82) is 0 Å². The lowest BCUT2D eigenvalue weighted by Gasteiger charge is -2.21. The van der Waals surface area contributed by atoms with Gasteiger partial charge in [-0.1, -0.05) is 64.7 Å². The summed E-state index contributed by atoms with van der Waals surface area (Å²) in [6.07, 6.45) is 6.31. The first-order valence-corrected chi connectivity index (χ1v) is 10.4. The molecule has 1 aliphatic rings. The average Bonchev–Trinajstić information content (AvgIpc) is 2.88. The Morgan fingerprint density at radius 1 is 1.07 bits per heavy atom. The molecule has 6 nitrogen and oxygen atoms in total. The fourth-order valence-corrected chi connectivity index (χ4v) is 3.69. The summed E-state index contributed by atoms with van der Waals surface area (Å²) in [5.41, 5.74) is 1.98. The highest BCUT2D eigenvalue weighted by Crippen LogP contribution is 2.25. The van der Waals surface area contributed by atoms with Crippen LogP contribution in [0.25, 0.3) is 0 Å². The zero-order valence-corrected chi connectivity index (χ0v) is 17.6. The second-order valence-electron chi connectivity index (χ2n) is 7.67. The van der Waals surface area contributed by atoms with Crippen LogP contribution in [0.5, 0.6) is 0 Å². The van der Waals surface area contributed by atoms with E-state index >= 15 is 0 Å². The molecule has 1 aromatic rings. The van der Waals surface area contributed by atoms with Crippen LogP contribution in [0.3, 0.4) is 0 Å². The quantitative estimate of drug-likeness (QED) is 0.470. The van der Waals surface area contributed by atoms with Gasteiger partial charge < -0.3 is 10.6 Å². The largest absolute Gasteiger partial charge is 0.325 e. The fraction of sp³-hybridized carbons (Fsp3) is 0.591. The number of hydrogen-bond donors (Lipinski definition) is 2. The number of para-hydroxylation sites is 1. The molecule has 2 rings (SSSR count). The number of carbonyl (C=O) groups is 3. The highest BCUT2D eigenvalue weighted by molar-refractivity contribution is 6.10. The second-order valence-corrected chi connectivity index (χ2v) is 7.67. The van der Waals surface area contributed by atoms with E-state index in [1.165, 1.54) is 0 Å². The van der Waals surface area contributed by atoms with E-state index in [-0.39, 0.29) is 18.4 Å². The Labute approximate surface area is 168 Å². The van der Waals surface area contributed by atoms with Crippen LogP contribution >= 0.6 is 0 Å². The number of nitrogens with zero attached hydrogens (tertiary/aromatic N) is 1. The van der Waals surface area contributed by atoms with Gasteiger partial charge in [-0.2, -0.15) is 0 Å². The summed E-state index contributed by atoms with van der Waals surface area (Å²) in [7, 11) is 0. The van der Waals surface area contributed by atoms with Gasteiger partial charge in [-0.15, -0.1) is 0 Å². The lowest BCUT2D eigenvalue weighted by molar-refractivity contribution is -0.133. The molecule has 28 heavy (non-hydrogen) atoms. The maximum absolute atomic E-state index is 12.8. The Morgan fingerprint density at radius 2 is 1.71 bits per heavy atom. The molecule has 154 valence electrons. The van der Waals surface area contributed by atoms with Crippen LogP contribution in [-0.2, 0) is 22.4 Å². The Bertz CT molecular complexity index is 709. The number of benzene rings is 1. The molecule has 1 atom stereocenters. The van der Waals surface area contributed by atoms with Crippen LogP contribution in [0.2, 0.25) is 0 Å². The molecular weight excluding hydrogens is 354 g/mol. The van der Waals surface area contributed by atoms with Gasteiger partial charge in [-0.25, -0.2) is 4.79 Å². The minimum Gasteiger partial charge on any atom is -0.324 e. The third-order valence-electron chi connectivity index (χ3n) is 5.44. The van der Waals surface area contributed by atoms with Gasteiger partial charge in [0.25, 0.3) is 5.91 Å². The molecule has 1 heterocycles. The van der Waals surface area contributed by atoms with Crippen LogP contribution < -0.4 is 10.6 Å². The van der Waals surface area contributed by atoms with Gasteiger partial charge >= 0.3 is 6.03 Å². The normalized spacial score (nSPS) is 19.1. The van der Waals surface area contributed by atoms with Crippen molar-refractivity contribution < 1.29 is 14.4 Å². The van der Waals surface area contributed by atoms with Gasteiger partial charge in [-0.05, 0) is 37.3 Å². The molecule has 0 spiro atoms. The van der Waals surface area contributed by atoms with E-state index in [4.69, 9.17) is 0 Å². The zero-order valence-electron chi connectivity index (χ0n) is 17.6. The number of anilines is 1. The molecule has 1 fully saturated rings. The summed E-state index contributed by atoms with van der Waals surface area (Å²) in [5.74, 6) is -0.669. The third-order valence-corrected chi connectivity index (χ3v) is 5.44. The number of rotatable bonds is 10.